The molecule has 43 heavy (non-hydrogen) atoms. The smallest absolute Gasteiger partial charge is 0.255 e. The summed E-state index contributed by atoms with van der Waals surface area (Å²) in [6.45, 7) is 0.567. The first-order chi connectivity index (χ1) is 20.4. The highest BCUT2D eigenvalue weighted by molar-refractivity contribution is 6.24. The van der Waals surface area contributed by atoms with E-state index < -0.39 is 58.0 Å². The van der Waals surface area contributed by atoms with Crippen LogP contribution in [-0.4, -0.2) is 74.6 Å². The van der Waals surface area contributed by atoms with Gasteiger partial charge in [0.25, 0.3) is 5.91 Å². The molecule has 0 radical (unpaired) electrons. The molecule has 0 saturated heterocycles. The van der Waals surface area contributed by atoms with E-state index >= 15 is 0 Å². The van der Waals surface area contributed by atoms with Crippen LogP contribution < -0.4 is 11.1 Å². The van der Waals surface area contributed by atoms with E-state index in [9.17, 15) is 34.8 Å². The van der Waals surface area contributed by atoms with Crippen molar-refractivity contribution in [1.82, 2.24) is 10.2 Å². The van der Waals surface area contributed by atoms with Crippen LogP contribution in [0.15, 0.2) is 51.3 Å². The molecule has 0 bridgehead atoms. The summed E-state index contributed by atoms with van der Waals surface area (Å²) in [5.74, 6) is -5.50. The molecule has 0 unspecified atom stereocenters. The van der Waals surface area contributed by atoms with Crippen molar-refractivity contribution in [1.29, 1.82) is 0 Å². The average Bonchev–Trinajstić information content (AvgIpc) is 3.43. The largest absolute Gasteiger partial charge is 0.510 e. The van der Waals surface area contributed by atoms with Gasteiger partial charge in [-0.25, -0.2) is 0 Å². The number of carbonyl (C=O) groups excluding carboxylic acids is 3. The average molecular weight is 592 g/mol. The Bertz CT molecular complexity index is 1580. The minimum absolute atomic E-state index is 0.0234. The zero-order chi connectivity index (χ0) is 30.8. The van der Waals surface area contributed by atoms with Gasteiger partial charge in [-0.3, -0.25) is 19.3 Å². The molecule has 6 rings (SSSR count). The number of likely N-dealkylation sites (N-methyl/N-ethyl adjacent to an activating group) is 1. The molecule has 4 aliphatic carbocycles. The Morgan fingerprint density at radius 3 is 2.49 bits per heavy atom. The zero-order valence-corrected chi connectivity index (χ0v) is 24.2. The standard InChI is InChI=1S/C32H37N3O8/c1-35(2)26-20-13-15-12-19-18(22-11-8-17(43-22)14-34-16-6-4-3-5-7-16)9-10-21(36)24(19)27(37)23(15)29(39)32(20,42)30(40)25(28(26)38)31(33)41/h8-11,15-16,20,26,34,36,38-39,42H,3-7,12-14H2,1-2H3,(H2,33,41)/t15-,20-,26-,32-/m0/s1. The van der Waals surface area contributed by atoms with Gasteiger partial charge in [0.05, 0.1) is 18.2 Å². The van der Waals surface area contributed by atoms with E-state index in [2.05, 4.69) is 5.32 Å². The highest BCUT2D eigenvalue weighted by Crippen LogP contribution is 2.53. The zero-order valence-electron chi connectivity index (χ0n) is 24.2. The summed E-state index contributed by atoms with van der Waals surface area (Å²) < 4.78 is 6.18. The van der Waals surface area contributed by atoms with E-state index in [1.165, 1.54) is 30.2 Å². The summed E-state index contributed by atoms with van der Waals surface area (Å²) in [4.78, 5) is 41.1. The molecule has 11 nitrogen and oxygen atoms in total. The van der Waals surface area contributed by atoms with Crippen LogP contribution in [0.5, 0.6) is 5.75 Å². The van der Waals surface area contributed by atoms with Crippen molar-refractivity contribution in [3.63, 3.8) is 0 Å². The van der Waals surface area contributed by atoms with Gasteiger partial charge in [0.2, 0.25) is 5.78 Å². The Kier molecular flexibility index (Phi) is 7.22. The van der Waals surface area contributed by atoms with E-state index in [0.717, 1.165) is 18.6 Å². The van der Waals surface area contributed by atoms with E-state index in [1.54, 1.807) is 20.2 Å². The van der Waals surface area contributed by atoms with Crippen molar-refractivity contribution in [3.05, 3.63) is 63.8 Å². The molecule has 1 fully saturated rings. The minimum atomic E-state index is -2.67. The van der Waals surface area contributed by atoms with Crippen LogP contribution in [0.3, 0.4) is 0 Å². The van der Waals surface area contributed by atoms with Crippen LogP contribution in [0.2, 0.25) is 0 Å². The van der Waals surface area contributed by atoms with Gasteiger partial charge in [0.1, 0.15) is 34.4 Å². The lowest BCUT2D eigenvalue weighted by Crippen LogP contribution is -2.63. The summed E-state index contributed by atoms with van der Waals surface area (Å²) in [6.07, 6.45) is 6.18. The Morgan fingerprint density at radius 1 is 1.09 bits per heavy atom. The highest BCUT2D eigenvalue weighted by Gasteiger charge is 2.63. The predicted octanol–water partition coefficient (Wildman–Crippen LogP) is 2.80. The first-order valence-electron chi connectivity index (χ1n) is 14.8. The number of hydrogen-bond donors (Lipinski definition) is 6. The lowest BCUT2D eigenvalue weighted by molar-refractivity contribution is -0.148. The number of aliphatic hydroxyl groups excluding tert-OH is 2. The number of fused-ring (bicyclic) bond motifs is 3. The molecule has 2 aromatic rings. The fraction of sp³-hybridized carbons (Fsp3) is 0.469. The first-order valence-corrected chi connectivity index (χ1v) is 14.8. The normalized spacial score (nSPS) is 27.8. The van der Waals surface area contributed by atoms with Crippen molar-refractivity contribution in [2.75, 3.05) is 14.1 Å². The number of ketones is 2. The number of phenols is 1. The quantitative estimate of drug-likeness (QED) is 0.273. The number of hydrogen-bond acceptors (Lipinski definition) is 10. The Labute approximate surface area is 248 Å². The van der Waals surface area contributed by atoms with Crippen molar-refractivity contribution >= 4 is 17.5 Å². The molecule has 0 spiro atoms. The number of carbonyl (C=O) groups is 3. The molecule has 1 aromatic carbocycles. The number of aromatic hydroxyl groups is 1. The third kappa shape index (κ3) is 4.49. The fourth-order valence-electron chi connectivity index (χ4n) is 7.65. The highest BCUT2D eigenvalue weighted by atomic mass is 16.4. The number of Topliss-reactive ketones (excluding diaryl/α,β-unsaturated/α-hetero) is 2. The van der Waals surface area contributed by atoms with Crippen molar-refractivity contribution in [3.8, 4) is 17.1 Å². The minimum Gasteiger partial charge on any atom is -0.510 e. The number of aliphatic hydroxyl groups is 3. The molecule has 1 heterocycles. The SMILES string of the molecule is CN(C)[C@@H]1C(O)=C(C(N)=O)C(=O)[C@@]2(O)C(O)=C3C(=O)c4c(O)ccc(-c5ccc(CNC6CCCCC6)o5)c4C[C@H]3C[C@@H]12. The van der Waals surface area contributed by atoms with Gasteiger partial charge in [-0.2, -0.15) is 0 Å². The van der Waals surface area contributed by atoms with Crippen LogP contribution in [0, 0.1) is 11.8 Å². The van der Waals surface area contributed by atoms with E-state index in [0.29, 0.717) is 29.5 Å². The van der Waals surface area contributed by atoms with Gasteiger partial charge in [0.15, 0.2) is 11.4 Å². The van der Waals surface area contributed by atoms with Gasteiger partial charge in [-0.05, 0) is 75.5 Å². The molecule has 11 heteroatoms. The molecule has 1 amide bonds. The third-order valence-electron chi connectivity index (χ3n) is 9.70. The molecule has 1 aromatic heterocycles. The van der Waals surface area contributed by atoms with Crippen molar-refractivity contribution in [2.24, 2.45) is 17.6 Å². The fourth-order valence-corrected chi connectivity index (χ4v) is 7.65. The number of phenolic OH excluding ortho intramolecular Hbond substituents is 1. The van der Waals surface area contributed by atoms with Gasteiger partial charge < -0.3 is 35.9 Å². The number of allylic oxidation sites excluding steroid dienone is 1. The lowest BCUT2D eigenvalue weighted by atomic mass is 9.58. The number of rotatable bonds is 6. The molecule has 1 saturated carbocycles. The second-order valence-corrected chi connectivity index (χ2v) is 12.4. The molecule has 0 aliphatic heterocycles. The molecule has 4 aliphatic rings. The van der Waals surface area contributed by atoms with E-state index in [4.69, 9.17) is 10.2 Å². The van der Waals surface area contributed by atoms with Crippen LogP contribution in [0.1, 0.15) is 60.2 Å². The number of primary amides is 1. The number of benzene rings is 1. The number of furan rings is 1. The van der Waals surface area contributed by atoms with Crippen molar-refractivity contribution < 1.29 is 39.2 Å². The number of amides is 1. The summed E-state index contributed by atoms with van der Waals surface area (Å²) in [7, 11) is 3.20. The summed E-state index contributed by atoms with van der Waals surface area (Å²) in [5, 5.41) is 48.5. The number of nitrogens with zero attached hydrogens (tertiary/aromatic N) is 1. The van der Waals surface area contributed by atoms with Gasteiger partial charge in [-0.15, -0.1) is 0 Å². The van der Waals surface area contributed by atoms with Gasteiger partial charge >= 0.3 is 0 Å². The summed E-state index contributed by atoms with van der Waals surface area (Å²) in [6, 6.07) is 6.19. The van der Waals surface area contributed by atoms with E-state index in [-0.39, 0.29) is 29.7 Å². The Balaban J connectivity index is 1.39. The van der Waals surface area contributed by atoms with Crippen molar-refractivity contribution in [2.45, 2.75) is 69.2 Å². The maximum Gasteiger partial charge on any atom is 0.255 e. The second kappa shape index (κ2) is 10.7. The maximum atomic E-state index is 14.0. The Hall–Kier alpha value is -3.93. The molecule has 4 atom stereocenters. The lowest BCUT2D eigenvalue weighted by Gasteiger charge is -2.50. The van der Waals surface area contributed by atoms with Gasteiger partial charge in [-0.1, -0.05) is 19.3 Å². The maximum absolute atomic E-state index is 14.0. The number of nitrogens with two attached hydrogens (primary N) is 1. The number of nitrogens with one attached hydrogen (secondary N) is 1. The van der Waals surface area contributed by atoms with Crippen LogP contribution in [0.4, 0.5) is 0 Å². The van der Waals surface area contributed by atoms with Gasteiger partial charge in [0, 0.05) is 23.1 Å². The molecule has 7 N–H and O–H groups in total. The summed E-state index contributed by atoms with van der Waals surface area (Å²) in [5.41, 5.74) is 2.81. The molecular weight excluding hydrogens is 554 g/mol. The third-order valence-corrected chi connectivity index (χ3v) is 9.70. The van der Waals surface area contributed by atoms with Crippen LogP contribution in [0.25, 0.3) is 11.3 Å². The first kappa shape index (κ1) is 29.2. The molecule has 228 valence electrons. The van der Waals surface area contributed by atoms with Crippen LogP contribution in [-0.2, 0) is 22.6 Å². The van der Waals surface area contributed by atoms with E-state index in [1.807, 2.05) is 12.1 Å². The predicted molar refractivity (Wildman–Crippen MR) is 155 cm³/mol. The van der Waals surface area contributed by atoms with Crippen LogP contribution >= 0.6 is 0 Å². The second-order valence-electron chi connectivity index (χ2n) is 12.4. The monoisotopic (exact) mass is 591 g/mol. The topological polar surface area (TPSA) is 187 Å². The summed E-state index contributed by atoms with van der Waals surface area (Å²) >= 11 is 0. The molecular formula is C32H37N3O8. The Morgan fingerprint density at radius 2 is 1.81 bits per heavy atom.